The zero-order chi connectivity index (χ0) is 18.8. The molecule has 0 aromatic heterocycles. The summed E-state index contributed by atoms with van der Waals surface area (Å²) in [5.74, 6) is 0.738. The van der Waals surface area contributed by atoms with Crippen LogP contribution in [-0.4, -0.2) is 35.6 Å². The monoisotopic (exact) mass is 382 g/mol. The Labute approximate surface area is 163 Å². The van der Waals surface area contributed by atoms with Crippen LogP contribution in [0, 0.1) is 0 Å². The van der Waals surface area contributed by atoms with Gasteiger partial charge in [-0.1, -0.05) is 24.3 Å². The standard InChI is InChI=1S/C21H22N2O3S/c1-26-15-7-4-6-14(12-15)17-9-5-11-23(17)20(24)13-19-21(25)22-16-8-2-3-10-18(16)27-19/h2-4,6-8,10,12,17,19H,5,9,11,13H2,1H3,(H,22,25). The maximum absolute atomic E-state index is 13.0. The molecule has 27 heavy (non-hydrogen) atoms. The fraction of sp³-hybridized carbons (Fsp3) is 0.333. The molecule has 0 saturated carbocycles. The predicted octanol–water partition coefficient (Wildman–Crippen LogP) is 3.86. The number of hydrogen-bond acceptors (Lipinski definition) is 4. The van der Waals surface area contributed by atoms with Gasteiger partial charge in [-0.25, -0.2) is 0 Å². The second kappa shape index (κ2) is 7.64. The number of carbonyl (C=O) groups excluding carboxylic acids is 2. The largest absolute Gasteiger partial charge is 0.497 e. The molecule has 5 nitrogen and oxygen atoms in total. The van der Waals surface area contributed by atoms with Crippen LogP contribution in [0.25, 0.3) is 0 Å². The number of anilines is 1. The molecule has 2 aliphatic rings. The lowest BCUT2D eigenvalue weighted by atomic mass is 10.0. The van der Waals surface area contributed by atoms with Crippen molar-refractivity contribution in [3.8, 4) is 5.75 Å². The number of benzene rings is 2. The van der Waals surface area contributed by atoms with Crippen LogP contribution in [0.15, 0.2) is 53.4 Å². The van der Waals surface area contributed by atoms with Crippen molar-refractivity contribution in [3.05, 3.63) is 54.1 Å². The van der Waals surface area contributed by atoms with Gasteiger partial charge in [-0.3, -0.25) is 9.59 Å². The molecule has 4 rings (SSSR count). The lowest BCUT2D eigenvalue weighted by Crippen LogP contribution is -2.37. The first kappa shape index (κ1) is 17.9. The third-order valence-electron chi connectivity index (χ3n) is 5.12. The van der Waals surface area contributed by atoms with Crippen LogP contribution in [0.5, 0.6) is 5.75 Å². The Bertz CT molecular complexity index is 870. The van der Waals surface area contributed by atoms with Crippen molar-refractivity contribution in [3.63, 3.8) is 0 Å². The van der Waals surface area contributed by atoms with E-state index in [-0.39, 0.29) is 29.5 Å². The van der Waals surface area contributed by atoms with Gasteiger partial charge in [-0.05, 0) is 42.7 Å². The minimum absolute atomic E-state index is 0.0346. The van der Waals surface area contributed by atoms with Crippen molar-refractivity contribution in [2.75, 3.05) is 19.0 Å². The number of ether oxygens (including phenoxy) is 1. The smallest absolute Gasteiger partial charge is 0.238 e. The molecule has 2 atom stereocenters. The number of fused-ring (bicyclic) bond motifs is 1. The average molecular weight is 382 g/mol. The van der Waals surface area contributed by atoms with E-state index in [2.05, 4.69) is 5.32 Å². The highest BCUT2D eigenvalue weighted by Crippen LogP contribution is 2.39. The molecule has 0 radical (unpaired) electrons. The highest BCUT2D eigenvalue weighted by atomic mass is 32.2. The number of hydrogen-bond donors (Lipinski definition) is 1. The number of likely N-dealkylation sites (tertiary alicyclic amines) is 1. The Morgan fingerprint density at radius 3 is 2.96 bits per heavy atom. The minimum Gasteiger partial charge on any atom is -0.497 e. The lowest BCUT2D eigenvalue weighted by molar-refractivity contribution is -0.133. The van der Waals surface area contributed by atoms with Gasteiger partial charge in [0.2, 0.25) is 11.8 Å². The lowest BCUT2D eigenvalue weighted by Gasteiger charge is -2.29. The second-order valence-electron chi connectivity index (χ2n) is 6.82. The molecule has 2 aromatic rings. The van der Waals surface area contributed by atoms with Crippen LogP contribution in [0.2, 0.25) is 0 Å². The highest BCUT2D eigenvalue weighted by molar-refractivity contribution is 8.01. The molecule has 1 N–H and O–H groups in total. The van der Waals surface area contributed by atoms with Crippen LogP contribution in [0.3, 0.4) is 0 Å². The summed E-state index contributed by atoms with van der Waals surface area (Å²) in [6.45, 7) is 0.732. The fourth-order valence-electron chi connectivity index (χ4n) is 3.76. The van der Waals surface area contributed by atoms with E-state index in [1.807, 2.05) is 53.4 Å². The van der Waals surface area contributed by atoms with E-state index in [1.54, 1.807) is 7.11 Å². The molecule has 2 aromatic carbocycles. The van der Waals surface area contributed by atoms with Crippen LogP contribution in [0.1, 0.15) is 30.9 Å². The van der Waals surface area contributed by atoms with Crippen molar-refractivity contribution >= 4 is 29.3 Å². The molecule has 0 bridgehead atoms. The quantitative estimate of drug-likeness (QED) is 0.872. The average Bonchev–Trinajstić information content (AvgIpc) is 3.18. The van der Waals surface area contributed by atoms with Crippen molar-refractivity contribution in [1.29, 1.82) is 0 Å². The molecule has 6 heteroatoms. The molecule has 140 valence electrons. The third kappa shape index (κ3) is 3.67. The van der Waals surface area contributed by atoms with E-state index in [1.165, 1.54) is 11.8 Å². The number of para-hydroxylation sites is 1. The number of rotatable bonds is 4. The molecule has 2 aliphatic heterocycles. The summed E-state index contributed by atoms with van der Waals surface area (Å²) in [5, 5.41) is 2.53. The first-order valence-electron chi connectivity index (χ1n) is 9.15. The van der Waals surface area contributed by atoms with E-state index in [0.29, 0.717) is 0 Å². The van der Waals surface area contributed by atoms with E-state index >= 15 is 0 Å². The van der Waals surface area contributed by atoms with Gasteiger partial charge in [-0.15, -0.1) is 11.8 Å². The summed E-state index contributed by atoms with van der Waals surface area (Å²) in [5.41, 5.74) is 1.91. The van der Waals surface area contributed by atoms with Crippen LogP contribution in [0.4, 0.5) is 5.69 Å². The molecule has 2 amide bonds. The Morgan fingerprint density at radius 1 is 1.26 bits per heavy atom. The Hall–Kier alpha value is -2.47. The summed E-state index contributed by atoms with van der Waals surface area (Å²) in [7, 11) is 1.65. The molecule has 0 spiro atoms. The van der Waals surface area contributed by atoms with Crippen molar-refractivity contribution in [2.24, 2.45) is 0 Å². The minimum atomic E-state index is -0.390. The molecular weight excluding hydrogens is 360 g/mol. The zero-order valence-electron chi connectivity index (χ0n) is 15.2. The normalized spacial score (nSPS) is 21.5. The summed E-state index contributed by atoms with van der Waals surface area (Å²) in [6.07, 6.45) is 2.12. The number of nitrogens with one attached hydrogen (secondary N) is 1. The van der Waals surface area contributed by atoms with Gasteiger partial charge in [0.05, 0.1) is 24.1 Å². The molecular formula is C21H22N2O3S. The van der Waals surface area contributed by atoms with Crippen molar-refractivity contribution < 1.29 is 14.3 Å². The molecule has 0 aliphatic carbocycles. The van der Waals surface area contributed by atoms with Gasteiger partial charge >= 0.3 is 0 Å². The van der Waals surface area contributed by atoms with E-state index in [9.17, 15) is 9.59 Å². The number of thioether (sulfide) groups is 1. The molecule has 1 fully saturated rings. The number of nitrogens with zero attached hydrogens (tertiary/aromatic N) is 1. The number of amides is 2. The van der Waals surface area contributed by atoms with Crippen LogP contribution < -0.4 is 10.1 Å². The SMILES string of the molecule is COc1cccc(C2CCCN2C(=O)CC2Sc3ccccc3NC2=O)c1. The predicted molar refractivity (Wildman–Crippen MR) is 106 cm³/mol. The van der Waals surface area contributed by atoms with Gasteiger partial charge < -0.3 is 15.0 Å². The van der Waals surface area contributed by atoms with Crippen molar-refractivity contribution in [1.82, 2.24) is 4.90 Å². The summed E-state index contributed by atoms with van der Waals surface area (Å²) in [6, 6.07) is 15.7. The van der Waals surface area contributed by atoms with Gasteiger partial charge in [0.25, 0.3) is 0 Å². The van der Waals surface area contributed by atoms with Gasteiger partial charge in [0, 0.05) is 17.9 Å². The maximum Gasteiger partial charge on any atom is 0.238 e. The van der Waals surface area contributed by atoms with E-state index < -0.39 is 0 Å². The second-order valence-corrected chi connectivity index (χ2v) is 8.06. The van der Waals surface area contributed by atoms with Crippen molar-refractivity contribution in [2.45, 2.75) is 35.4 Å². The summed E-state index contributed by atoms with van der Waals surface area (Å²) < 4.78 is 5.32. The Balaban J connectivity index is 1.48. The van der Waals surface area contributed by atoms with Crippen LogP contribution >= 0.6 is 11.8 Å². The van der Waals surface area contributed by atoms with E-state index in [0.717, 1.165) is 41.3 Å². The van der Waals surface area contributed by atoms with Gasteiger partial charge in [-0.2, -0.15) is 0 Å². The molecule has 2 heterocycles. The third-order valence-corrected chi connectivity index (χ3v) is 6.39. The van der Waals surface area contributed by atoms with E-state index in [4.69, 9.17) is 4.74 Å². The molecule has 2 unspecified atom stereocenters. The van der Waals surface area contributed by atoms with Gasteiger partial charge in [0.1, 0.15) is 5.75 Å². The Kier molecular flexibility index (Phi) is 5.07. The Morgan fingerprint density at radius 2 is 2.11 bits per heavy atom. The first-order valence-corrected chi connectivity index (χ1v) is 10.0. The number of carbonyl (C=O) groups is 2. The summed E-state index contributed by atoms with van der Waals surface area (Å²) >= 11 is 1.48. The zero-order valence-corrected chi connectivity index (χ0v) is 16.0. The molecule has 1 saturated heterocycles. The van der Waals surface area contributed by atoms with Crippen LogP contribution in [-0.2, 0) is 9.59 Å². The van der Waals surface area contributed by atoms with Gasteiger partial charge in [0.15, 0.2) is 0 Å². The first-order chi connectivity index (χ1) is 13.2. The topological polar surface area (TPSA) is 58.6 Å². The summed E-state index contributed by atoms with van der Waals surface area (Å²) in [4.78, 5) is 28.4. The number of methoxy groups -OCH3 is 1. The maximum atomic E-state index is 13.0. The highest BCUT2D eigenvalue weighted by Gasteiger charge is 2.35. The fourth-order valence-corrected chi connectivity index (χ4v) is 4.87.